The van der Waals surface area contributed by atoms with Crippen molar-refractivity contribution in [3.05, 3.63) is 77.5 Å². The van der Waals surface area contributed by atoms with Gasteiger partial charge in [0.1, 0.15) is 16.9 Å². The number of halogens is 1. The van der Waals surface area contributed by atoms with Gasteiger partial charge in [-0.3, -0.25) is 4.79 Å². The van der Waals surface area contributed by atoms with Crippen molar-refractivity contribution in [3.8, 4) is 0 Å². The predicted octanol–water partition coefficient (Wildman–Crippen LogP) is 4.07. The number of benzene rings is 1. The molecule has 0 N–H and O–H groups in total. The molecule has 0 bridgehead atoms. The molecule has 1 aliphatic carbocycles. The first-order valence-electron chi connectivity index (χ1n) is 8.54. The molecule has 2 aromatic heterocycles. The van der Waals surface area contributed by atoms with E-state index in [4.69, 9.17) is 4.74 Å². The molecule has 0 unspecified atom stereocenters. The maximum absolute atomic E-state index is 14.1. The van der Waals surface area contributed by atoms with Crippen LogP contribution in [0, 0.1) is 12.7 Å². The van der Waals surface area contributed by atoms with Crippen LogP contribution in [0.3, 0.4) is 0 Å². The first-order chi connectivity index (χ1) is 12.5. The molecule has 0 spiro atoms. The van der Waals surface area contributed by atoms with Crippen LogP contribution in [0.5, 0.6) is 0 Å². The third kappa shape index (κ3) is 2.43. The first-order valence-corrected chi connectivity index (χ1v) is 8.54. The number of carbonyl (C=O) groups excluding carboxylic acids is 1. The number of ether oxygens (including phenoxy) is 1. The van der Waals surface area contributed by atoms with Crippen molar-refractivity contribution in [2.24, 2.45) is 0 Å². The second-order valence-electron chi connectivity index (χ2n) is 6.65. The zero-order chi connectivity index (χ0) is 18.3. The van der Waals surface area contributed by atoms with Crippen LogP contribution in [0.4, 0.5) is 4.39 Å². The van der Waals surface area contributed by atoms with E-state index in [1.807, 2.05) is 41.1 Å². The molecule has 0 aliphatic heterocycles. The van der Waals surface area contributed by atoms with E-state index < -0.39 is 5.41 Å². The zero-order valence-corrected chi connectivity index (χ0v) is 14.7. The second kappa shape index (κ2) is 6.09. The van der Waals surface area contributed by atoms with E-state index in [2.05, 4.69) is 4.98 Å². The minimum Gasteiger partial charge on any atom is -0.468 e. The molecule has 132 valence electrons. The molecule has 26 heavy (non-hydrogen) atoms. The van der Waals surface area contributed by atoms with Crippen LogP contribution < -0.4 is 0 Å². The number of allylic oxidation sites excluding steroid dienone is 1. The van der Waals surface area contributed by atoms with Gasteiger partial charge in [0, 0.05) is 18.6 Å². The molecular formula is C21H19FN2O2. The van der Waals surface area contributed by atoms with E-state index in [-0.39, 0.29) is 11.8 Å². The lowest BCUT2D eigenvalue weighted by molar-refractivity contribution is -0.145. The van der Waals surface area contributed by atoms with Gasteiger partial charge in [0.2, 0.25) is 0 Å². The highest BCUT2D eigenvalue weighted by Crippen LogP contribution is 2.45. The minimum atomic E-state index is -0.960. The summed E-state index contributed by atoms with van der Waals surface area (Å²) >= 11 is 0. The van der Waals surface area contributed by atoms with Crippen LogP contribution in [0.15, 0.2) is 55.0 Å². The fraction of sp³-hybridized carbons (Fsp3) is 0.238. The number of fused-ring (bicyclic) bond motifs is 1. The number of carbonyl (C=O) groups is 1. The Morgan fingerprint density at radius 1 is 1.31 bits per heavy atom. The van der Waals surface area contributed by atoms with Crippen molar-refractivity contribution in [1.82, 2.24) is 9.38 Å². The molecular weight excluding hydrogens is 331 g/mol. The van der Waals surface area contributed by atoms with E-state index in [1.165, 1.54) is 13.2 Å². The summed E-state index contributed by atoms with van der Waals surface area (Å²) in [4.78, 5) is 17.1. The SMILES string of the molecule is COC(=O)[C@]1(c2cccc(F)c2C)C=C(c2ccn3ccnc3c2)CC1. The first kappa shape index (κ1) is 16.5. The molecule has 1 aliphatic rings. The molecule has 0 saturated carbocycles. The zero-order valence-electron chi connectivity index (χ0n) is 14.7. The number of nitrogens with zero attached hydrogens (tertiary/aromatic N) is 2. The van der Waals surface area contributed by atoms with Crippen molar-refractivity contribution in [1.29, 1.82) is 0 Å². The largest absolute Gasteiger partial charge is 0.468 e. The fourth-order valence-corrected chi connectivity index (χ4v) is 3.87. The van der Waals surface area contributed by atoms with Gasteiger partial charge in [-0.15, -0.1) is 0 Å². The molecule has 0 radical (unpaired) electrons. The monoisotopic (exact) mass is 350 g/mol. The lowest BCUT2D eigenvalue weighted by atomic mass is 9.77. The Kier molecular flexibility index (Phi) is 3.87. The molecule has 0 saturated heterocycles. The summed E-state index contributed by atoms with van der Waals surface area (Å²) in [5.74, 6) is -0.672. The number of pyridine rings is 1. The normalized spacial score (nSPS) is 19.6. The molecule has 3 aromatic rings. The number of aromatic nitrogens is 2. The fourth-order valence-electron chi connectivity index (χ4n) is 3.87. The summed E-state index contributed by atoms with van der Waals surface area (Å²) in [6, 6.07) is 8.87. The van der Waals surface area contributed by atoms with E-state index in [9.17, 15) is 9.18 Å². The van der Waals surface area contributed by atoms with E-state index >= 15 is 0 Å². The van der Waals surface area contributed by atoms with Gasteiger partial charge < -0.3 is 9.14 Å². The number of hydrogen-bond acceptors (Lipinski definition) is 3. The van der Waals surface area contributed by atoms with Crippen LogP contribution >= 0.6 is 0 Å². The Bertz CT molecular complexity index is 1040. The molecule has 1 aromatic carbocycles. The number of esters is 1. The third-order valence-electron chi connectivity index (χ3n) is 5.28. The standard InChI is InChI=1S/C21H19FN2O2/c1-14-17(4-3-5-18(14)22)21(20(25)26-2)8-6-16(13-21)15-7-10-24-11-9-23-19(24)12-15/h3-5,7,9-13H,6,8H2,1-2H3/t21-/m0/s1. The Morgan fingerprint density at radius 2 is 2.15 bits per heavy atom. The smallest absolute Gasteiger partial charge is 0.320 e. The average Bonchev–Trinajstić information content (AvgIpc) is 3.30. The Balaban J connectivity index is 1.86. The highest BCUT2D eigenvalue weighted by molar-refractivity contribution is 5.91. The van der Waals surface area contributed by atoms with Crippen LogP contribution in [-0.2, 0) is 14.9 Å². The highest BCUT2D eigenvalue weighted by Gasteiger charge is 2.44. The van der Waals surface area contributed by atoms with Gasteiger partial charge in [0.25, 0.3) is 0 Å². The molecule has 0 fully saturated rings. The second-order valence-corrected chi connectivity index (χ2v) is 6.65. The Hall–Kier alpha value is -2.95. The van der Waals surface area contributed by atoms with Gasteiger partial charge in [-0.1, -0.05) is 18.2 Å². The lowest BCUT2D eigenvalue weighted by Crippen LogP contribution is -2.34. The van der Waals surface area contributed by atoms with Crippen molar-refractivity contribution < 1.29 is 13.9 Å². The molecule has 2 heterocycles. The summed E-state index contributed by atoms with van der Waals surface area (Å²) in [5, 5.41) is 0. The Labute approximate surface area is 150 Å². The van der Waals surface area contributed by atoms with E-state index in [0.29, 0.717) is 24.0 Å². The molecule has 4 nitrogen and oxygen atoms in total. The molecule has 4 rings (SSSR count). The van der Waals surface area contributed by atoms with Crippen molar-refractivity contribution in [2.45, 2.75) is 25.2 Å². The summed E-state index contributed by atoms with van der Waals surface area (Å²) < 4.78 is 21.2. The number of hydrogen-bond donors (Lipinski definition) is 0. The van der Waals surface area contributed by atoms with Crippen molar-refractivity contribution >= 4 is 17.2 Å². The summed E-state index contributed by atoms with van der Waals surface area (Å²) in [5.41, 5.74) is 3.10. The summed E-state index contributed by atoms with van der Waals surface area (Å²) in [6.07, 6.45) is 8.79. The lowest BCUT2D eigenvalue weighted by Gasteiger charge is -2.26. The van der Waals surface area contributed by atoms with Gasteiger partial charge in [-0.25, -0.2) is 9.37 Å². The van der Waals surface area contributed by atoms with Crippen LogP contribution in [0.1, 0.15) is 29.5 Å². The topological polar surface area (TPSA) is 43.6 Å². The maximum atomic E-state index is 14.1. The van der Waals surface area contributed by atoms with Gasteiger partial charge in [0.05, 0.1) is 7.11 Å². The quantitative estimate of drug-likeness (QED) is 0.669. The van der Waals surface area contributed by atoms with E-state index in [1.54, 1.807) is 19.2 Å². The Morgan fingerprint density at radius 3 is 2.96 bits per heavy atom. The van der Waals surface area contributed by atoms with Crippen molar-refractivity contribution in [3.63, 3.8) is 0 Å². The van der Waals surface area contributed by atoms with Crippen LogP contribution in [0.25, 0.3) is 11.2 Å². The van der Waals surface area contributed by atoms with E-state index in [0.717, 1.165) is 16.8 Å². The third-order valence-corrected chi connectivity index (χ3v) is 5.28. The minimum absolute atomic E-state index is 0.313. The van der Waals surface area contributed by atoms with Gasteiger partial charge in [-0.2, -0.15) is 0 Å². The molecule has 5 heteroatoms. The van der Waals surface area contributed by atoms with Crippen LogP contribution in [-0.4, -0.2) is 22.5 Å². The average molecular weight is 350 g/mol. The maximum Gasteiger partial charge on any atom is 0.320 e. The molecule has 0 amide bonds. The summed E-state index contributed by atoms with van der Waals surface area (Å²) in [7, 11) is 1.38. The molecule has 1 atom stereocenters. The number of rotatable bonds is 3. The van der Waals surface area contributed by atoms with Gasteiger partial charge >= 0.3 is 5.97 Å². The number of imidazole rings is 1. The van der Waals surface area contributed by atoms with Crippen molar-refractivity contribution in [2.75, 3.05) is 7.11 Å². The summed E-state index contributed by atoms with van der Waals surface area (Å²) in [6.45, 7) is 1.71. The predicted molar refractivity (Wildman–Crippen MR) is 97.2 cm³/mol. The van der Waals surface area contributed by atoms with Gasteiger partial charge in [-0.05, 0) is 60.2 Å². The van der Waals surface area contributed by atoms with Crippen LogP contribution in [0.2, 0.25) is 0 Å². The van der Waals surface area contributed by atoms with Gasteiger partial charge in [0.15, 0.2) is 0 Å². The highest BCUT2D eigenvalue weighted by atomic mass is 19.1. The number of methoxy groups -OCH3 is 1.